The van der Waals surface area contributed by atoms with Crippen molar-refractivity contribution < 1.29 is 22.8 Å². The van der Waals surface area contributed by atoms with Crippen LogP contribution in [0.5, 0.6) is 0 Å². The van der Waals surface area contributed by atoms with Crippen LogP contribution in [0.4, 0.5) is 5.69 Å². The lowest BCUT2D eigenvalue weighted by atomic mass is 9.84. The Labute approximate surface area is 232 Å². The van der Waals surface area contributed by atoms with E-state index < -0.39 is 33.1 Å². The number of nitrogens with one attached hydrogen (secondary N) is 3. The first-order valence-corrected chi connectivity index (χ1v) is 14.8. The summed E-state index contributed by atoms with van der Waals surface area (Å²) in [6.45, 7) is 3.18. The Morgan fingerprint density at radius 2 is 1.77 bits per heavy atom. The van der Waals surface area contributed by atoms with Crippen LogP contribution in [-0.2, 0) is 25.0 Å². The van der Waals surface area contributed by atoms with Crippen molar-refractivity contribution in [3.63, 3.8) is 0 Å². The minimum Gasteiger partial charge on any atom is -0.367 e. The molecule has 5 N–H and O–H groups in total. The second-order valence-corrected chi connectivity index (χ2v) is 12.0. The molecule has 0 saturated carbocycles. The van der Waals surface area contributed by atoms with Gasteiger partial charge in [-0.05, 0) is 61.8 Å². The topological polar surface area (TPSA) is 163 Å². The number of anilines is 1. The van der Waals surface area contributed by atoms with Gasteiger partial charge in [-0.1, -0.05) is 30.2 Å². The molecule has 11 nitrogen and oxygen atoms in total. The third-order valence-corrected chi connectivity index (χ3v) is 8.30. The summed E-state index contributed by atoms with van der Waals surface area (Å²) in [7, 11) is -3.47. The van der Waals surface area contributed by atoms with Crippen LogP contribution in [0.1, 0.15) is 35.2 Å². The number of carbonyl (C=O) groups excluding carboxylic acids is 3. The van der Waals surface area contributed by atoms with Crippen molar-refractivity contribution in [3.8, 4) is 0 Å². The van der Waals surface area contributed by atoms with E-state index in [9.17, 15) is 22.8 Å². The maximum Gasteiger partial charge on any atom is 0.268 e. The van der Waals surface area contributed by atoms with Gasteiger partial charge in [-0.25, -0.2) is 8.42 Å². The molecule has 0 bridgehead atoms. The van der Waals surface area contributed by atoms with Gasteiger partial charge in [0, 0.05) is 25.0 Å². The van der Waals surface area contributed by atoms with Gasteiger partial charge in [0.1, 0.15) is 5.71 Å². The molecule has 0 aliphatic carbocycles. The number of nitrogens with zero attached hydrogens (tertiary/aromatic N) is 2. The molecule has 2 heterocycles. The number of piperidine rings is 1. The standard InChI is InChI=1S/C26H31ClN6O5S/c1-39(37,38)19-9-10-20(21(27)15-19)23(34)32-18-7-5-17(6-8-18)26(25(28)36)22(30-16-31-26)24(35)29-11-14-33-12-3-2-4-13-33/h5-10,15,31H,2-4,11-14,16H2,1H3,(H2,28,36)(H,29,35)(H,32,34). The zero-order valence-electron chi connectivity index (χ0n) is 21.5. The molecule has 0 aromatic heterocycles. The fourth-order valence-electron chi connectivity index (χ4n) is 4.77. The second kappa shape index (κ2) is 11.8. The highest BCUT2D eigenvalue weighted by molar-refractivity contribution is 7.90. The molecule has 1 unspecified atom stereocenters. The van der Waals surface area contributed by atoms with Crippen molar-refractivity contribution in [1.29, 1.82) is 0 Å². The van der Waals surface area contributed by atoms with Gasteiger partial charge in [-0.2, -0.15) is 0 Å². The molecule has 1 atom stereocenters. The van der Waals surface area contributed by atoms with Crippen molar-refractivity contribution >= 4 is 50.6 Å². The minimum atomic E-state index is -3.47. The SMILES string of the molecule is CS(=O)(=O)c1ccc(C(=O)Nc2ccc(C3(C(N)=O)NCN=C3C(=O)NCCN3CCCCC3)cc2)c(Cl)c1. The van der Waals surface area contributed by atoms with Crippen LogP contribution >= 0.6 is 11.6 Å². The first kappa shape index (κ1) is 28.7. The average Bonchev–Trinajstić information content (AvgIpc) is 3.36. The molecule has 1 saturated heterocycles. The van der Waals surface area contributed by atoms with Crippen LogP contribution < -0.4 is 21.7 Å². The van der Waals surface area contributed by atoms with E-state index >= 15 is 0 Å². The number of likely N-dealkylation sites (tertiary alicyclic amines) is 1. The summed E-state index contributed by atoms with van der Waals surface area (Å²) in [4.78, 5) is 45.1. The van der Waals surface area contributed by atoms with Gasteiger partial charge in [0.25, 0.3) is 11.8 Å². The molecule has 3 amide bonds. The maximum absolute atomic E-state index is 13.1. The molecule has 2 aliphatic rings. The third-order valence-electron chi connectivity index (χ3n) is 6.87. The van der Waals surface area contributed by atoms with Crippen LogP contribution in [-0.4, -0.2) is 75.9 Å². The van der Waals surface area contributed by atoms with Crippen molar-refractivity contribution in [2.75, 3.05) is 44.4 Å². The molecular formula is C26H31ClN6O5S. The van der Waals surface area contributed by atoms with Crippen molar-refractivity contribution in [3.05, 3.63) is 58.6 Å². The molecule has 2 aromatic carbocycles. The highest BCUT2D eigenvalue weighted by Crippen LogP contribution is 2.29. The van der Waals surface area contributed by atoms with Gasteiger partial charge in [0.05, 0.1) is 22.2 Å². The molecule has 39 heavy (non-hydrogen) atoms. The lowest BCUT2D eigenvalue weighted by Gasteiger charge is -2.29. The van der Waals surface area contributed by atoms with Gasteiger partial charge in [0.2, 0.25) is 5.91 Å². The molecule has 2 aromatic rings. The zero-order chi connectivity index (χ0) is 28.2. The van der Waals surface area contributed by atoms with Gasteiger partial charge < -0.3 is 21.3 Å². The Balaban J connectivity index is 1.46. The van der Waals surface area contributed by atoms with Crippen molar-refractivity contribution in [1.82, 2.24) is 15.5 Å². The molecule has 13 heteroatoms. The maximum atomic E-state index is 13.1. The lowest BCUT2D eigenvalue weighted by molar-refractivity contribution is -0.123. The first-order valence-electron chi connectivity index (χ1n) is 12.5. The predicted molar refractivity (Wildman–Crippen MR) is 149 cm³/mol. The summed E-state index contributed by atoms with van der Waals surface area (Å²) < 4.78 is 23.4. The van der Waals surface area contributed by atoms with Gasteiger partial charge in [-0.15, -0.1) is 0 Å². The number of rotatable bonds is 9. The number of hydrogen-bond acceptors (Lipinski definition) is 8. The largest absolute Gasteiger partial charge is 0.367 e. The van der Waals surface area contributed by atoms with E-state index in [1.807, 2.05) is 0 Å². The van der Waals surface area contributed by atoms with E-state index in [4.69, 9.17) is 17.3 Å². The van der Waals surface area contributed by atoms with Crippen LogP contribution in [0, 0.1) is 0 Å². The number of aliphatic imine (C=N–C) groups is 1. The highest BCUT2D eigenvalue weighted by atomic mass is 35.5. The average molecular weight is 575 g/mol. The fourth-order valence-corrected chi connectivity index (χ4v) is 5.75. The van der Waals surface area contributed by atoms with Gasteiger partial charge in [0.15, 0.2) is 15.4 Å². The Kier molecular flexibility index (Phi) is 8.70. The molecule has 1 fully saturated rings. The molecule has 0 radical (unpaired) electrons. The van der Waals surface area contributed by atoms with E-state index in [1.165, 1.54) is 24.6 Å². The Hall–Kier alpha value is -3.32. The number of amides is 3. The Morgan fingerprint density at radius 1 is 1.08 bits per heavy atom. The summed E-state index contributed by atoms with van der Waals surface area (Å²) in [5.74, 6) is -1.80. The monoisotopic (exact) mass is 574 g/mol. The van der Waals surface area contributed by atoms with Crippen LogP contribution in [0.15, 0.2) is 52.4 Å². The molecule has 208 valence electrons. The van der Waals surface area contributed by atoms with Crippen LogP contribution in [0.25, 0.3) is 0 Å². The van der Waals surface area contributed by atoms with E-state index in [0.717, 1.165) is 32.2 Å². The molecule has 0 spiro atoms. The number of nitrogens with two attached hydrogens (primary N) is 1. The predicted octanol–water partition coefficient (Wildman–Crippen LogP) is 1.28. The first-order chi connectivity index (χ1) is 18.5. The Morgan fingerprint density at radius 3 is 2.38 bits per heavy atom. The number of hydrogen-bond donors (Lipinski definition) is 4. The molecular weight excluding hydrogens is 544 g/mol. The smallest absolute Gasteiger partial charge is 0.268 e. The normalized spacial score (nSPS) is 19.8. The third kappa shape index (κ3) is 6.30. The number of benzene rings is 2. The minimum absolute atomic E-state index is 0.00205. The summed E-state index contributed by atoms with van der Waals surface area (Å²) >= 11 is 6.15. The van der Waals surface area contributed by atoms with Crippen LogP contribution in [0.3, 0.4) is 0 Å². The van der Waals surface area contributed by atoms with Gasteiger partial charge >= 0.3 is 0 Å². The molecule has 2 aliphatic heterocycles. The second-order valence-electron chi connectivity index (χ2n) is 9.56. The van der Waals surface area contributed by atoms with Crippen molar-refractivity contribution in [2.24, 2.45) is 10.7 Å². The summed E-state index contributed by atoms with van der Waals surface area (Å²) in [5.41, 5.74) is 5.03. The zero-order valence-corrected chi connectivity index (χ0v) is 23.1. The Bertz CT molecular complexity index is 1410. The lowest BCUT2D eigenvalue weighted by Crippen LogP contribution is -2.58. The van der Waals surface area contributed by atoms with E-state index in [-0.39, 0.29) is 27.9 Å². The van der Waals surface area contributed by atoms with Crippen molar-refractivity contribution in [2.45, 2.75) is 29.7 Å². The number of sulfone groups is 1. The summed E-state index contributed by atoms with van der Waals surface area (Å²) in [5, 5.41) is 8.50. The summed E-state index contributed by atoms with van der Waals surface area (Å²) in [6, 6.07) is 10.1. The van der Waals surface area contributed by atoms with E-state index in [1.54, 1.807) is 24.3 Å². The van der Waals surface area contributed by atoms with Gasteiger partial charge in [-0.3, -0.25) is 24.7 Å². The number of carbonyl (C=O) groups is 3. The fraction of sp³-hybridized carbons (Fsp3) is 0.385. The number of primary amides is 1. The highest BCUT2D eigenvalue weighted by Gasteiger charge is 2.49. The van der Waals surface area contributed by atoms with E-state index in [2.05, 4.69) is 25.8 Å². The van der Waals surface area contributed by atoms with E-state index in [0.29, 0.717) is 24.3 Å². The quantitative estimate of drug-likeness (QED) is 0.350. The number of halogens is 1. The molecule has 4 rings (SSSR count). The summed E-state index contributed by atoms with van der Waals surface area (Å²) in [6.07, 6.45) is 4.57. The van der Waals surface area contributed by atoms with Crippen LogP contribution in [0.2, 0.25) is 5.02 Å².